The van der Waals surface area contributed by atoms with Crippen molar-refractivity contribution in [2.24, 2.45) is 0 Å². The summed E-state index contributed by atoms with van der Waals surface area (Å²) in [5, 5.41) is 18.7. The van der Waals surface area contributed by atoms with E-state index in [1.165, 1.54) is 29.2 Å². The van der Waals surface area contributed by atoms with Gasteiger partial charge in [-0.05, 0) is 82.4 Å². The van der Waals surface area contributed by atoms with Crippen LogP contribution >= 0.6 is 45.2 Å². The van der Waals surface area contributed by atoms with Crippen molar-refractivity contribution in [1.82, 2.24) is 29.9 Å². The lowest BCUT2D eigenvalue weighted by Gasteiger charge is -1.99. The van der Waals surface area contributed by atoms with E-state index < -0.39 is 11.9 Å². The zero-order valence-corrected chi connectivity index (χ0v) is 21.3. The third kappa shape index (κ3) is 9.21. The Bertz CT molecular complexity index is 1170. The van der Waals surface area contributed by atoms with Gasteiger partial charge in [0.15, 0.2) is 11.5 Å². The second-order valence-electron chi connectivity index (χ2n) is 5.77. The average molecular weight is 678 g/mol. The number of halogens is 3. The van der Waals surface area contributed by atoms with Crippen molar-refractivity contribution < 1.29 is 23.8 Å². The molecule has 0 saturated heterocycles. The largest absolute Gasteiger partial charge is 0.476 e. The maximum atomic E-state index is 12.1. The van der Waals surface area contributed by atoms with Gasteiger partial charge in [-0.25, -0.2) is 24.2 Å². The molecule has 2 N–H and O–H groups in total. The minimum absolute atomic E-state index is 0.00987. The number of nitrogens with one attached hydrogen (secondary N) is 1. The molecular weight excluding hydrogens is 661 g/mol. The molecule has 33 heavy (non-hydrogen) atoms. The predicted octanol–water partition coefficient (Wildman–Crippen LogP) is 3.98. The number of rotatable bonds is 4. The fraction of sp³-hybridized carbons (Fsp3) is 0.100. The van der Waals surface area contributed by atoms with Gasteiger partial charge in [0.05, 0.1) is 6.61 Å². The Morgan fingerprint density at radius 3 is 2.27 bits per heavy atom. The molecule has 0 fully saturated rings. The van der Waals surface area contributed by atoms with Crippen LogP contribution in [0.15, 0.2) is 61.2 Å². The number of aromatic nitrogens is 6. The SMILES string of the molecule is CCOC(=O)c1ccn[nH]1.Fc1cc(I)ccn1.O=C(O)c1ccn(-c2cc(I)ccn2)n1. The first-order valence-electron chi connectivity index (χ1n) is 9.14. The molecule has 0 spiro atoms. The molecule has 10 nitrogen and oxygen atoms in total. The van der Waals surface area contributed by atoms with Crippen LogP contribution < -0.4 is 0 Å². The van der Waals surface area contributed by atoms with Crippen LogP contribution in [0.25, 0.3) is 5.82 Å². The molecular formula is C20H17FI2N6O4. The van der Waals surface area contributed by atoms with Gasteiger partial charge in [0.25, 0.3) is 0 Å². The standard InChI is InChI=1S/C9H6IN3O2.C6H8N2O2.C5H3FIN/c10-6-1-3-11-8(5-6)13-4-2-7(12-13)9(14)15;1-2-10-6(9)5-3-4-7-8-5;6-5-3-4(7)1-2-8-5/h1-5H,(H,14,15);3-4H,2H2,1H3,(H,7,8);1-3H. The van der Waals surface area contributed by atoms with E-state index in [1.807, 2.05) is 34.7 Å². The smallest absolute Gasteiger partial charge is 0.356 e. The van der Waals surface area contributed by atoms with Crippen LogP contribution in [0.1, 0.15) is 27.9 Å². The number of carbonyl (C=O) groups excluding carboxylic acids is 1. The fourth-order valence-electron chi connectivity index (χ4n) is 2.04. The lowest BCUT2D eigenvalue weighted by molar-refractivity contribution is 0.0519. The van der Waals surface area contributed by atoms with Crippen LogP contribution in [0, 0.1) is 13.1 Å². The monoisotopic (exact) mass is 678 g/mol. The van der Waals surface area contributed by atoms with Crippen LogP contribution in [0.3, 0.4) is 0 Å². The van der Waals surface area contributed by atoms with E-state index in [4.69, 9.17) is 5.11 Å². The topological polar surface area (TPSA) is 136 Å². The molecule has 4 rings (SSSR count). The van der Waals surface area contributed by atoms with Gasteiger partial charge < -0.3 is 9.84 Å². The summed E-state index contributed by atoms with van der Waals surface area (Å²) >= 11 is 4.18. The number of carbonyl (C=O) groups is 2. The Kier molecular flexibility index (Phi) is 10.8. The number of ether oxygens (including phenoxy) is 1. The molecule has 4 aromatic heterocycles. The van der Waals surface area contributed by atoms with Gasteiger partial charge in [0, 0.05) is 38.0 Å². The van der Waals surface area contributed by atoms with E-state index in [0.717, 1.165) is 7.14 Å². The maximum absolute atomic E-state index is 12.1. The van der Waals surface area contributed by atoms with Crippen LogP contribution in [0.5, 0.6) is 0 Å². The van der Waals surface area contributed by atoms with Crippen molar-refractivity contribution in [2.45, 2.75) is 6.92 Å². The molecule has 4 aromatic rings. The number of H-pyrrole nitrogens is 1. The van der Waals surface area contributed by atoms with E-state index in [0.29, 0.717) is 18.1 Å². The first-order chi connectivity index (χ1) is 15.8. The highest BCUT2D eigenvalue weighted by Gasteiger charge is 2.08. The van der Waals surface area contributed by atoms with E-state index in [-0.39, 0.29) is 11.7 Å². The first-order valence-corrected chi connectivity index (χ1v) is 11.3. The minimum Gasteiger partial charge on any atom is -0.476 e. The normalized spacial score (nSPS) is 9.70. The van der Waals surface area contributed by atoms with Crippen molar-refractivity contribution in [2.75, 3.05) is 6.61 Å². The molecule has 0 atom stereocenters. The molecule has 0 amide bonds. The van der Waals surface area contributed by atoms with E-state index in [1.54, 1.807) is 31.5 Å². The summed E-state index contributed by atoms with van der Waals surface area (Å²) in [7, 11) is 0. The second kappa shape index (κ2) is 13.6. The number of aromatic carboxylic acids is 1. The third-order valence-corrected chi connectivity index (χ3v) is 4.78. The number of carboxylic acid groups (broad SMARTS) is 1. The highest BCUT2D eigenvalue weighted by atomic mass is 127. The number of nitrogens with zero attached hydrogens (tertiary/aromatic N) is 5. The molecule has 0 aliphatic carbocycles. The zero-order valence-electron chi connectivity index (χ0n) is 17.0. The van der Waals surface area contributed by atoms with Gasteiger partial charge >= 0.3 is 11.9 Å². The molecule has 0 aromatic carbocycles. The lowest BCUT2D eigenvalue weighted by atomic mass is 10.4. The molecule has 172 valence electrons. The molecule has 0 unspecified atom stereocenters. The Labute approximate surface area is 214 Å². The summed E-state index contributed by atoms with van der Waals surface area (Å²) in [5.41, 5.74) is 0.400. The molecule has 0 aliphatic heterocycles. The Hall–Kier alpha value is -2.95. The summed E-state index contributed by atoms with van der Waals surface area (Å²) in [6.45, 7) is 2.14. The van der Waals surface area contributed by atoms with Crippen LogP contribution in [-0.4, -0.2) is 53.6 Å². The molecule has 0 bridgehead atoms. The summed E-state index contributed by atoms with van der Waals surface area (Å²) < 4.78 is 20.1. The average Bonchev–Trinajstić information content (AvgIpc) is 3.47. The Balaban J connectivity index is 0.000000186. The van der Waals surface area contributed by atoms with Gasteiger partial charge in [0.2, 0.25) is 5.95 Å². The van der Waals surface area contributed by atoms with Crippen molar-refractivity contribution in [1.29, 1.82) is 0 Å². The molecule has 0 aliphatic rings. The molecule has 13 heteroatoms. The number of hydrogen-bond donors (Lipinski definition) is 2. The van der Waals surface area contributed by atoms with Gasteiger partial charge in [0.1, 0.15) is 5.69 Å². The molecule has 0 radical (unpaired) electrons. The van der Waals surface area contributed by atoms with E-state index in [2.05, 4.69) is 52.6 Å². The number of aromatic amines is 1. The third-order valence-electron chi connectivity index (χ3n) is 3.44. The number of esters is 1. The van der Waals surface area contributed by atoms with Crippen LogP contribution in [-0.2, 0) is 4.74 Å². The highest BCUT2D eigenvalue weighted by Crippen LogP contribution is 2.09. The van der Waals surface area contributed by atoms with Crippen LogP contribution in [0.4, 0.5) is 4.39 Å². The Morgan fingerprint density at radius 1 is 1.09 bits per heavy atom. The van der Waals surface area contributed by atoms with Crippen molar-refractivity contribution in [3.8, 4) is 5.82 Å². The van der Waals surface area contributed by atoms with Gasteiger partial charge in [-0.3, -0.25) is 5.10 Å². The van der Waals surface area contributed by atoms with Crippen molar-refractivity contribution in [3.63, 3.8) is 0 Å². The number of carboxylic acids is 1. The Morgan fingerprint density at radius 2 is 1.79 bits per heavy atom. The minimum atomic E-state index is -1.04. The van der Waals surface area contributed by atoms with Gasteiger partial charge in [-0.15, -0.1) is 0 Å². The number of hydrogen-bond acceptors (Lipinski definition) is 7. The first kappa shape index (κ1) is 26.3. The highest BCUT2D eigenvalue weighted by molar-refractivity contribution is 14.1. The fourth-order valence-corrected chi connectivity index (χ4v) is 2.90. The summed E-state index contributed by atoms with van der Waals surface area (Å²) in [6.07, 6.45) is 6.17. The summed E-state index contributed by atoms with van der Waals surface area (Å²) in [4.78, 5) is 28.9. The quantitative estimate of drug-likeness (QED) is 0.188. The summed E-state index contributed by atoms with van der Waals surface area (Å²) in [6, 6.07) is 9.79. The van der Waals surface area contributed by atoms with Gasteiger partial charge in [-0.2, -0.15) is 14.6 Å². The van der Waals surface area contributed by atoms with Crippen LogP contribution in [0.2, 0.25) is 0 Å². The molecule has 0 saturated carbocycles. The lowest BCUT2D eigenvalue weighted by Crippen LogP contribution is -2.04. The van der Waals surface area contributed by atoms with E-state index in [9.17, 15) is 14.0 Å². The van der Waals surface area contributed by atoms with Gasteiger partial charge in [-0.1, -0.05) is 0 Å². The number of pyridine rings is 2. The predicted molar refractivity (Wildman–Crippen MR) is 132 cm³/mol. The molecule has 4 heterocycles. The van der Waals surface area contributed by atoms with Crippen molar-refractivity contribution in [3.05, 3.63) is 85.7 Å². The summed E-state index contributed by atoms with van der Waals surface area (Å²) in [5.74, 6) is -1.22. The van der Waals surface area contributed by atoms with Crippen molar-refractivity contribution >= 4 is 57.1 Å². The maximum Gasteiger partial charge on any atom is 0.356 e. The van der Waals surface area contributed by atoms with E-state index >= 15 is 0 Å². The zero-order chi connectivity index (χ0) is 24.2. The second-order valence-corrected chi connectivity index (χ2v) is 8.26.